The fourth-order valence-corrected chi connectivity index (χ4v) is 1.49. The second-order valence-corrected chi connectivity index (χ2v) is 3.90. The first-order valence-corrected chi connectivity index (χ1v) is 4.92. The van der Waals surface area contributed by atoms with Crippen LogP contribution in [0.2, 0.25) is 0 Å². The topological polar surface area (TPSA) is 25.2 Å². The summed E-state index contributed by atoms with van der Waals surface area (Å²) in [6, 6.07) is 4.14. The van der Waals surface area contributed by atoms with Gasteiger partial charge in [-0.15, -0.1) is 0 Å². The lowest BCUT2D eigenvalue weighted by molar-refractivity contribution is 0.111. The molecule has 0 aliphatic rings. The van der Waals surface area contributed by atoms with E-state index >= 15 is 0 Å². The van der Waals surface area contributed by atoms with Gasteiger partial charge in [0.05, 0.1) is 5.69 Å². The van der Waals surface area contributed by atoms with Crippen molar-refractivity contribution in [2.45, 2.75) is 19.4 Å². The monoisotopic (exact) mass is 194 g/mol. The van der Waals surface area contributed by atoms with E-state index in [2.05, 4.69) is 25.9 Å². The quantitative estimate of drug-likeness (QED) is 0.668. The Morgan fingerprint density at radius 2 is 2.29 bits per heavy atom. The highest BCUT2D eigenvalue weighted by Crippen LogP contribution is 2.13. The maximum absolute atomic E-state index is 10.7. The summed E-state index contributed by atoms with van der Waals surface area (Å²) in [5.41, 5.74) is 0.760. The van der Waals surface area contributed by atoms with Gasteiger partial charge < -0.3 is 9.47 Å². The molecule has 1 unspecified atom stereocenters. The van der Waals surface area contributed by atoms with E-state index in [-0.39, 0.29) is 0 Å². The first-order valence-electron chi connectivity index (χ1n) is 4.92. The molecular formula is C11H18N2O. The highest BCUT2D eigenvalue weighted by Gasteiger charge is 2.07. The van der Waals surface area contributed by atoms with E-state index in [1.54, 1.807) is 0 Å². The molecule has 0 aromatic carbocycles. The van der Waals surface area contributed by atoms with Crippen molar-refractivity contribution in [2.75, 3.05) is 20.6 Å². The van der Waals surface area contributed by atoms with Crippen molar-refractivity contribution in [3.05, 3.63) is 24.0 Å². The SMILES string of the molecule is CC(CCN(C)C)n1cccc1C=O. The van der Waals surface area contributed by atoms with Gasteiger partial charge in [0.2, 0.25) is 0 Å². The predicted octanol–water partition coefficient (Wildman–Crippen LogP) is 1.81. The van der Waals surface area contributed by atoms with Crippen molar-refractivity contribution in [2.24, 2.45) is 0 Å². The molecule has 0 fully saturated rings. The fraction of sp³-hybridized carbons (Fsp3) is 0.545. The van der Waals surface area contributed by atoms with Crippen LogP contribution in [0.1, 0.15) is 29.9 Å². The van der Waals surface area contributed by atoms with Gasteiger partial charge in [-0.05, 0) is 46.1 Å². The Morgan fingerprint density at radius 3 is 2.86 bits per heavy atom. The molecule has 14 heavy (non-hydrogen) atoms. The van der Waals surface area contributed by atoms with Crippen LogP contribution in [0.15, 0.2) is 18.3 Å². The van der Waals surface area contributed by atoms with Crippen LogP contribution in [0.25, 0.3) is 0 Å². The minimum Gasteiger partial charge on any atom is -0.343 e. The zero-order valence-electron chi connectivity index (χ0n) is 9.10. The van der Waals surface area contributed by atoms with E-state index in [1.807, 2.05) is 22.9 Å². The van der Waals surface area contributed by atoms with Gasteiger partial charge in [-0.1, -0.05) is 0 Å². The van der Waals surface area contributed by atoms with Gasteiger partial charge in [-0.3, -0.25) is 4.79 Å². The lowest BCUT2D eigenvalue weighted by Gasteiger charge is -2.17. The van der Waals surface area contributed by atoms with Gasteiger partial charge in [-0.25, -0.2) is 0 Å². The number of aromatic nitrogens is 1. The van der Waals surface area contributed by atoms with Gasteiger partial charge in [0.25, 0.3) is 0 Å². The number of carbonyl (C=O) groups excluding carboxylic acids is 1. The molecule has 3 nitrogen and oxygen atoms in total. The Balaban J connectivity index is 2.59. The van der Waals surface area contributed by atoms with Crippen molar-refractivity contribution >= 4 is 6.29 Å². The van der Waals surface area contributed by atoms with Crippen molar-refractivity contribution in [3.8, 4) is 0 Å². The molecule has 0 saturated heterocycles. The lowest BCUT2D eigenvalue weighted by Crippen LogP contribution is -2.18. The predicted molar refractivity (Wildman–Crippen MR) is 57.7 cm³/mol. The van der Waals surface area contributed by atoms with E-state index in [0.717, 1.165) is 24.9 Å². The Kier molecular flexibility index (Phi) is 3.89. The summed E-state index contributed by atoms with van der Waals surface area (Å²) >= 11 is 0. The lowest BCUT2D eigenvalue weighted by atomic mass is 10.2. The molecular weight excluding hydrogens is 176 g/mol. The standard InChI is InChI=1S/C11H18N2O/c1-10(6-8-12(2)3)13-7-4-5-11(13)9-14/h4-5,7,9-10H,6,8H2,1-3H3. The van der Waals surface area contributed by atoms with Gasteiger partial charge in [0, 0.05) is 12.2 Å². The van der Waals surface area contributed by atoms with E-state index in [4.69, 9.17) is 0 Å². The van der Waals surface area contributed by atoms with E-state index < -0.39 is 0 Å². The third-order valence-electron chi connectivity index (χ3n) is 2.40. The van der Waals surface area contributed by atoms with Crippen LogP contribution >= 0.6 is 0 Å². The summed E-state index contributed by atoms with van der Waals surface area (Å²) in [6.45, 7) is 3.17. The molecule has 0 aliphatic heterocycles. The van der Waals surface area contributed by atoms with Crippen molar-refractivity contribution in [1.29, 1.82) is 0 Å². The zero-order chi connectivity index (χ0) is 10.6. The molecule has 1 atom stereocenters. The molecule has 1 rings (SSSR count). The Bertz CT molecular complexity index is 291. The minimum absolute atomic E-state index is 0.382. The Labute approximate surface area is 85.3 Å². The van der Waals surface area contributed by atoms with Crippen LogP contribution in [0.5, 0.6) is 0 Å². The largest absolute Gasteiger partial charge is 0.343 e. The second kappa shape index (κ2) is 4.96. The Morgan fingerprint density at radius 1 is 1.57 bits per heavy atom. The van der Waals surface area contributed by atoms with E-state index in [0.29, 0.717) is 6.04 Å². The van der Waals surface area contributed by atoms with Gasteiger partial charge in [0.15, 0.2) is 6.29 Å². The molecule has 1 aromatic rings. The van der Waals surface area contributed by atoms with Gasteiger partial charge in [-0.2, -0.15) is 0 Å². The summed E-state index contributed by atoms with van der Waals surface area (Å²) in [6.07, 6.45) is 3.93. The maximum Gasteiger partial charge on any atom is 0.166 e. The van der Waals surface area contributed by atoms with Crippen LogP contribution in [-0.4, -0.2) is 36.4 Å². The molecule has 0 aliphatic carbocycles. The first-order chi connectivity index (χ1) is 6.65. The highest BCUT2D eigenvalue weighted by atomic mass is 16.1. The normalized spacial score (nSPS) is 13.1. The molecule has 0 saturated carbocycles. The summed E-state index contributed by atoms with van der Waals surface area (Å²) in [5.74, 6) is 0. The fourth-order valence-electron chi connectivity index (χ4n) is 1.49. The number of rotatable bonds is 5. The molecule has 1 aromatic heterocycles. The van der Waals surface area contributed by atoms with Crippen molar-refractivity contribution in [1.82, 2.24) is 9.47 Å². The maximum atomic E-state index is 10.7. The molecule has 78 valence electrons. The Hall–Kier alpha value is -1.09. The van der Waals surface area contributed by atoms with Crippen LogP contribution in [0.3, 0.4) is 0 Å². The number of hydrogen-bond acceptors (Lipinski definition) is 2. The average molecular weight is 194 g/mol. The van der Waals surface area contributed by atoms with Crippen LogP contribution < -0.4 is 0 Å². The molecule has 0 radical (unpaired) electrons. The first kappa shape index (κ1) is 11.0. The number of nitrogens with zero attached hydrogens (tertiary/aromatic N) is 2. The third-order valence-corrected chi connectivity index (χ3v) is 2.40. The van der Waals surface area contributed by atoms with Gasteiger partial charge >= 0.3 is 0 Å². The second-order valence-electron chi connectivity index (χ2n) is 3.90. The molecule has 0 spiro atoms. The number of hydrogen-bond donors (Lipinski definition) is 0. The molecule has 0 bridgehead atoms. The van der Waals surface area contributed by atoms with Gasteiger partial charge in [0.1, 0.15) is 0 Å². The summed E-state index contributed by atoms with van der Waals surface area (Å²) in [4.78, 5) is 12.9. The van der Waals surface area contributed by atoms with E-state index in [9.17, 15) is 4.79 Å². The third kappa shape index (κ3) is 2.70. The molecule has 3 heteroatoms. The number of aldehydes is 1. The summed E-state index contributed by atoms with van der Waals surface area (Å²) < 4.78 is 2.02. The average Bonchev–Trinajstić information content (AvgIpc) is 2.61. The number of carbonyl (C=O) groups is 1. The smallest absolute Gasteiger partial charge is 0.166 e. The van der Waals surface area contributed by atoms with Crippen LogP contribution in [0, 0.1) is 0 Å². The van der Waals surface area contributed by atoms with E-state index in [1.165, 1.54) is 0 Å². The summed E-state index contributed by atoms with van der Waals surface area (Å²) in [7, 11) is 4.12. The van der Waals surface area contributed by atoms with Crippen molar-refractivity contribution < 1.29 is 4.79 Å². The van der Waals surface area contributed by atoms with Crippen LogP contribution in [-0.2, 0) is 0 Å². The van der Waals surface area contributed by atoms with Crippen LogP contribution in [0.4, 0.5) is 0 Å². The minimum atomic E-state index is 0.382. The highest BCUT2D eigenvalue weighted by molar-refractivity contribution is 5.72. The summed E-state index contributed by atoms with van der Waals surface area (Å²) in [5, 5.41) is 0. The van der Waals surface area contributed by atoms with Crippen molar-refractivity contribution in [3.63, 3.8) is 0 Å². The molecule has 1 heterocycles. The zero-order valence-corrected chi connectivity index (χ0v) is 9.10. The molecule has 0 amide bonds. The molecule has 0 N–H and O–H groups in total.